The summed E-state index contributed by atoms with van der Waals surface area (Å²) in [4.78, 5) is 14.3. The van der Waals surface area contributed by atoms with Crippen molar-refractivity contribution < 1.29 is 4.42 Å². The molecule has 0 atom stereocenters. The Morgan fingerprint density at radius 2 is 0.960 bits per heavy atom. The van der Waals surface area contributed by atoms with E-state index in [2.05, 4.69) is 115 Å². The highest BCUT2D eigenvalue weighted by atomic mass is 16.3. The van der Waals surface area contributed by atoms with E-state index in [-0.39, 0.29) is 0 Å². The fraction of sp³-hybridized carbons (Fsp3) is 0.0217. The van der Waals surface area contributed by atoms with Gasteiger partial charge in [-0.25, -0.2) is 9.98 Å². The maximum absolute atomic E-state index is 6.32. The average Bonchev–Trinajstić information content (AvgIpc) is 3.56. The van der Waals surface area contributed by atoms with E-state index in [1.54, 1.807) is 0 Å². The molecule has 0 saturated heterocycles. The highest BCUT2D eigenvalue weighted by Crippen LogP contribution is 2.38. The van der Waals surface area contributed by atoms with E-state index >= 15 is 0 Å². The Morgan fingerprint density at radius 3 is 1.62 bits per heavy atom. The van der Waals surface area contributed by atoms with Crippen LogP contribution in [-0.2, 0) is 6.54 Å². The molecule has 0 fully saturated rings. The molecule has 8 aromatic carbocycles. The van der Waals surface area contributed by atoms with Gasteiger partial charge in [0.25, 0.3) is 0 Å². The molecule has 50 heavy (non-hydrogen) atoms. The van der Waals surface area contributed by atoms with Crippen LogP contribution in [0.5, 0.6) is 0 Å². The van der Waals surface area contributed by atoms with Crippen molar-refractivity contribution in [2.75, 3.05) is 0 Å². The van der Waals surface area contributed by atoms with Crippen LogP contribution < -0.4 is 0 Å². The lowest BCUT2D eigenvalue weighted by molar-refractivity contribution is 0.669. The fourth-order valence-corrected chi connectivity index (χ4v) is 7.00. The van der Waals surface area contributed by atoms with Gasteiger partial charge in [-0.15, -0.1) is 0 Å². The van der Waals surface area contributed by atoms with E-state index in [4.69, 9.17) is 14.4 Å². The van der Waals surface area contributed by atoms with Crippen LogP contribution >= 0.6 is 0 Å². The van der Waals surface area contributed by atoms with Crippen molar-refractivity contribution in [1.82, 2.24) is 0 Å². The SMILES string of the molecule is C=NC(=NC(=NCc1ccccc1)c1ccccc1)c1ccc2oc3ccc(-c4ccc5c6ccccc6c6ccccc6c5c4)cc3c2c1. The van der Waals surface area contributed by atoms with Gasteiger partial charge in [-0.3, -0.25) is 4.99 Å². The van der Waals surface area contributed by atoms with Crippen LogP contribution in [0.25, 0.3) is 65.4 Å². The van der Waals surface area contributed by atoms with Crippen LogP contribution in [0.3, 0.4) is 0 Å². The van der Waals surface area contributed by atoms with Gasteiger partial charge in [0.05, 0.1) is 6.54 Å². The molecular weight excluding hydrogens is 611 g/mol. The number of furan rings is 1. The van der Waals surface area contributed by atoms with Crippen molar-refractivity contribution in [2.45, 2.75) is 6.54 Å². The Kier molecular flexibility index (Phi) is 7.33. The summed E-state index contributed by atoms with van der Waals surface area (Å²) in [6, 6.07) is 56.9. The number of amidine groups is 2. The van der Waals surface area contributed by atoms with E-state index in [1.165, 1.54) is 32.3 Å². The largest absolute Gasteiger partial charge is 0.456 e. The molecule has 9 rings (SSSR count). The lowest BCUT2D eigenvalue weighted by Crippen LogP contribution is -2.05. The normalized spacial score (nSPS) is 12.4. The minimum Gasteiger partial charge on any atom is -0.456 e. The van der Waals surface area contributed by atoms with Crippen LogP contribution in [0.1, 0.15) is 16.7 Å². The Bertz CT molecular complexity index is 2760. The third-order valence-electron chi connectivity index (χ3n) is 9.45. The molecule has 9 aromatic rings. The predicted octanol–water partition coefficient (Wildman–Crippen LogP) is 11.8. The van der Waals surface area contributed by atoms with Crippen LogP contribution in [0.4, 0.5) is 0 Å². The molecule has 4 nitrogen and oxygen atoms in total. The molecule has 0 amide bonds. The first kappa shape index (κ1) is 29.5. The zero-order valence-electron chi connectivity index (χ0n) is 27.3. The van der Waals surface area contributed by atoms with Gasteiger partial charge < -0.3 is 4.42 Å². The number of nitrogens with zero attached hydrogens (tertiary/aromatic N) is 3. The minimum atomic E-state index is 0.502. The van der Waals surface area contributed by atoms with Gasteiger partial charge in [0, 0.05) is 21.9 Å². The highest BCUT2D eigenvalue weighted by molar-refractivity contribution is 6.26. The summed E-state index contributed by atoms with van der Waals surface area (Å²) in [5.41, 5.74) is 6.79. The van der Waals surface area contributed by atoms with E-state index in [9.17, 15) is 0 Å². The monoisotopic (exact) mass is 641 g/mol. The third-order valence-corrected chi connectivity index (χ3v) is 9.45. The summed E-state index contributed by atoms with van der Waals surface area (Å²) in [6.45, 7) is 4.40. The molecule has 0 aliphatic carbocycles. The van der Waals surface area contributed by atoms with Gasteiger partial charge in [0.2, 0.25) is 0 Å². The van der Waals surface area contributed by atoms with Gasteiger partial charge in [0.15, 0.2) is 11.7 Å². The van der Waals surface area contributed by atoms with Crippen molar-refractivity contribution in [1.29, 1.82) is 0 Å². The summed E-state index contributed by atoms with van der Waals surface area (Å²) in [5, 5.41) is 9.61. The van der Waals surface area contributed by atoms with Crippen LogP contribution in [-0.4, -0.2) is 18.4 Å². The van der Waals surface area contributed by atoms with Gasteiger partial charge in [-0.1, -0.05) is 127 Å². The van der Waals surface area contributed by atoms with E-state index in [0.29, 0.717) is 18.2 Å². The van der Waals surface area contributed by atoms with Crippen molar-refractivity contribution >= 4 is 72.6 Å². The molecule has 4 heteroatoms. The third kappa shape index (κ3) is 5.24. The van der Waals surface area contributed by atoms with Crippen LogP contribution in [0, 0.1) is 0 Å². The van der Waals surface area contributed by atoms with Crippen molar-refractivity contribution in [3.8, 4) is 11.1 Å². The lowest BCUT2D eigenvalue weighted by Gasteiger charge is -2.12. The predicted molar refractivity (Wildman–Crippen MR) is 211 cm³/mol. The van der Waals surface area contributed by atoms with Crippen molar-refractivity contribution in [3.05, 3.63) is 180 Å². The molecule has 0 aliphatic heterocycles. The highest BCUT2D eigenvalue weighted by Gasteiger charge is 2.14. The molecule has 1 aromatic heterocycles. The molecule has 0 N–H and O–H groups in total. The molecule has 1 heterocycles. The van der Waals surface area contributed by atoms with E-state index in [0.717, 1.165) is 49.8 Å². The molecule has 0 aliphatic rings. The second-order valence-corrected chi connectivity index (χ2v) is 12.5. The number of hydrogen-bond donors (Lipinski definition) is 0. The Hall–Kier alpha value is -6.65. The van der Waals surface area contributed by atoms with E-state index < -0.39 is 0 Å². The quantitative estimate of drug-likeness (QED) is 0.105. The second kappa shape index (κ2) is 12.4. The molecule has 0 radical (unpaired) electrons. The van der Waals surface area contributed by atoms with Gasteiger partial charge in [-0.05, 0) is 92.1 Å². The second-order valence-electron chi connectivity index (χ2n) is 12.5. The molecular formula is C46H31N3O. The summed E-state index contributed by atoms with van der Waals surface area (Å²) in [7, 11) is 0. The summed E-state index contributed by atoms with van der Waals surface area (Å²) in [6.07, 6.45) is 0. The maximum Gasteiger partial charge on any atom is 0.161 e. The van der Waals surface area contributed by atoms with Gasteiger partial charge >= 0.3 is 0 Å². The molecule has 0 saturated carbocycles. The Labute approximate surface area is 289 Å². The van der Waals surface area contributed by atoms with Crippen molar-refractivity contribution in [3.63, 3.8) is 0 Å². The topological polar surface area (TPSA) is 50.2 Å². The summed E-state index contributed by atoms with van der Waals surface area (Å²) < 4.78 is 6.32. The van der Waals surface area contributed by atoms with Crippen LogP contribution in [0.15, 0.2) is 183 Å². The van der Waals surface area contributed by atoms with Crippen LogP contribution in [0.2, 0.25) is 0 Å². The zero-order valence-corrected chi connectivity index (χ0v) is 27.3. The number of rotatable bonds is 5. The molecule has 0 unspecified atom stereocenters. The molecule has 0 spiro atoms. The average molecular weight is 642 g/mol. The lowest BCUT2D eigenvalue weighted by atomic mass is 9.92. The Morgan fingerprint density at radius 1 is 0.440 bits per heavy atom. The maximum atomic E-state index is 6.32. The standard InChI is InChI=1S/C46H31N3O/c1-47-45(49-46(31-14-6-3-7-15-31)48-29-30-12-4-2-5-13-30)34-22-25-44-42(28-34)41-27-33(21-24-43(41)50-44)32-20-23-39-37-18-9-8-16-35(37)36-17-10-11-19-38(36)40(39)26-32/h2-28H,1,29H2. The zero-order chi connectivity index (χ0) is 33.4. The number of aliphatic imine (C=N–C) groups is 3. The van der Waals surface area contributed by atoms with E-state index in [1.807, 2.05) is 60.7 Å². The first-order valence-electron chi connectivity index (χ1n) is 16.7. The number of hydrogen-bond acceptors (Lipinski definition) is 2. The first-order valence-corrected chi connectivity index (χ1v) is 16.7. The molecule has 0 bridgehead atoms. The Balaban J connectivity index is 1.15. The summed E-state index contributed by atoms with van der Waals surface area (Å²) >= 11 is 0. The fourth-order valence-electron chi connectivity index (χ4n) is 7.00. The number of fused-ring (bicyclic) bond motifs is 9. The number of benzene rings is 8. The molecule has 236 valence electrons. The van der Waals surface area contributed by atoms with Crippen molar-refractivity contribution in [2.24, 2.45) is 15.0 Å². The van der Waals surface area contributed by atoms with Gasteiger partial charge in [0.1, 0.15) is 11.2 Å². The minimum absolute atomic E-state index is 0.502. The summed E-state index contributed by atoms with van der Waals surface area (Å²) in [5.74, 6) is 1.11. The smallest absolute Gasteiger partial charge is 0.161 e. The first-order chi connectivity index (χ1) is 24.7. The van der Waals surface area contributed by atoms with Gasteiger partial charge in [-0.2, -0.15) is 0 Å².